The Hall–Kier alpha value is -2.16. The number of nitrogens with two attached hydrogens (primary N) is 1. The van der Waals surface area contributed by atoms with E-state index in [4.69, 9.17) is 10.5 Å². The molecule has 2 N–H and O–H groups in total. The number of anilines is 2. The van der Waals surface area contributed by atoms with Crippen LogP contribution >= 0.6 is 0 Å². The van der Waals surface area contributed by atoms with Gasteiger partial charge >= 0.3 is 0 Å². The zero-order chi connectivity index (χ0) is 14.7. The van der Waals surface area contributed by atoms with Crippen LogP contribution in [0.3, 0.4) is 0 Å². The van der Waals surface area contributed by atoms with Crippen LogP contribution in [0.1, 0.15) is 16.7 Å². The van der Waals surface area contributed by atoms with Crippen molar-refractivity contribution in [2.45, 2.75) is 20.4 Å². The Morgan fingerprint density at radius 3 is 2.25 bits per heavy atom. The molecule has 0 radical (unpaired) electrons. The van der Waals surface area contributed by atoms with Gasteiger partial charge in [0.15, 0.2) is 0 Å². The Bertz CT molecular complexity index is 588. The van der Waals surface area contributed by atoms with Gasteiger partial charge in [-0.25, -0.2) is 0 Å². The summed E-state index contributed by atoms with van der Waals surface area (Å²) in [7, 11) is 3.73. The Morgan fingerprint density at radius 2 is 1.70 bits per heavy atom. The van der Waals surface area contributed by atoms with Crippen molar-refractivity contribution in [2.24, 2.45) is 0 Å². The third-order valence-corrected chi connectivity index (χ3v) is 3.41. The zero-order valence-corrected chi connectivity index (χ0v) is 12.6. The van der Waals surface area contributed by atoms with Crippen molar-refractivity contribution in [3.8, 4) is 5.75 Å². The molecule has 0 heterocycles. The van der Waals surface area contributed by atoms with Crippen molar-refractivity contribution in [3.05, 3.63) is 53.1 Å². The van der Waals surface area contributed by atoms with Gasteiger partial charge in [-0.2, -0.15) is 0 Å². The predicted molar refractivity (Wildman–Crippen MR) is 85.4 cm³/mol. The molecule has 3 nitrogen and oxygen atoms in total. The Morgan fingerprint density at radius 1 is 1.05 bits per heavy atom. The first kappa shape index (κ1) is 14.3. The van der Waals surface area contributed by atoms with Crippen molar-refractivity contribution in [2.75, 3.05) is 24.8 Å². The molecule has 0 aliphatic carbocycles. The molecule has 20 heavy (non-hydrogen) atoms. The minimum Gasteiger partial charge on any atom is -0.497 e. The maximum atomic E-state index is 6.08. The fourth-order valence-electron chi connectivity index (χ4n) is 2.36. The minimum absolute atomic E-state index is 0.764. The van der Waals surface area contributed by atoms with Gasteiger partial charge in [0.1, 0.15) is 5.75 Å². The second-order valence-corrected chi connectivity index (χ2v) is 5.27. The lowest BCUT2D eigenvalue weighted by Crippen LogP contribution is -2.17. The van der Waals surface area contributed by atoms with Crippen molar-refractivity contribution >= 4 is 11.4 Å². The van der Waals surface area contributed by atoms with Crippen LogP contribution in [0.2, 0.25) is 0 Å². The first-order valence-corrected chi connectivity index (χ1v) is 6.71. The molecule has 0 atom stereocenters. The summed E-state index contributed by atoms with van der Waals surface area (Å²) in [5.74, 6) is 0.792. The van der Waals surface area contributed by atoms with Crippen LogP contribution in [0, 0.1) is 13.8 Å². The second-order valence-electron chi connectivity index (χ2n) is 5.27. The van der Waals surface area contributed by atoms with E-state index >= 15 is 0 Å². The van der Waals surface area contributed by atoms with Gasteiger partial charge in [0, 0.05) is 31.0 Å². The van der Waals surface area contributed by atoms with E-state index < -0.39 is 0 Å². The zero-order valence-electron chi connectivity index (χ0n) is 12.6. The van der Waals surface area contributed by atoms with E-state index in [1.165, 1.54) is 16.8 Å². The smallest absolute Gasteiger partial charge is 0.120 e. The number of benzene rings is 2. The third kappa shape index (κ3) is 3.23. The van der Waals surface area contributed by atoms with E-state index in [-0.39, 0.29) is 0 Å². The average Bonchev–Trinajstić information content (AvgIpc) is 2.39. The number of aryl methyl sites for hydroxylation is 2. The van der Waals surface area contributed by atoms with Gasteiger partial charge in [0.2, 0.25) is 0 Å². The largest absolute Gasteiger partial charge is 0.497 e. The second kappa shape index (κ2) is 5.87. The molecule has 0 saturated carbocycles. The highest BCUT2D eigenvalue weighted by Crippen LogP contribution is 2.24. The molecule has 0 amide bonds. The lowest BCUT2D eigenvalue weighted by atomic mass is 10.1. The molecule has 0 aliphatic rings. The molecular formula is C17H22N2O. The standard InChI is InChI=1S/C17H22N2O/c1-12-7-13(2)9-15(8-12)19(3)11-14-5-6-16(20-4)10-17(14)18/h5-10H,11,18H2,1-4H3. The van der Waals surface area contributed by atoms with Crippen LogP contribution in [0.4, 0.5) is 11.4 Å². The maximum absolute atomic E-state index is 6.08. The summed E-state index contributed by atoms with van der Waals surface area (Å²) in [4.78, 5) is 2.21. The van der Waals surface area contributed by atoms with Crippen molar-refractivity contribution in [3.63, 3.8) is 0 Å². The Kier molecular flexibility index (Phi) is 4.18. The molecule has 2 rings (SSSR count). The molecule has 0 bridgehead atoms. The van der Waals surface area contributed by atoms with Crippen LogP contribution in [-0.4, -0.2) is 14.2 Å². The number of nitrogens with zero attached hydrogens (tertiary/aromatic N) is 1. The number of ether oxygens (including phenoxy) is 1. The first-order chi connectivity index (χ1) is 9.49. The molecule has 0 unspecified atom stereocenters. The average molecular weight is 270 g/mol. The highest BCUT2D eigenvalue weighted by Gasteiger charge is 2.07. The monoisotopic (exact) mass is 270 g/mol. The molecule has 0 aliphatic heterocycles. The third-order valence-electron chi connectivity index (χ3n) is 3.41. The van der Waals surface area contributed by atoms with Crippen LogP contribution in [0.5, 0.6) is 5.75 Å². The molecule has 0 spiro atoms. The fraction of sp³-hybridized carbons (Fsp3) is 0.294. The first-order valence-electron chi connectivity index (χ1n) is 6.71. The normalized spacial score (nSPS) is 10.4. The van der Waals surface area contributed by atoms with Gasteiger partial charge in [-0.3, -0.25) is 0 Å². The highest BCUT2D eigenvalue weighted by molar-refractivity contribution is 5.55. The van der Waals surface area contributed by atoms with Gasteiger partial charge in [0.25, 0.3) is 0 Å². The van der Waals surface area contributed by atoms with E-state index in [0.717, 1.165) is 23.5 Å². The van der Waals surface area contributed by atoms with E-state index in [2.05, 4.69) is 44.0 Å². The van der Waals surface area contributed by atoms with Crippen LogP contribution in [0.25, 0.3) is 0 Å². The fourth-order valence-corrected chi connectivity index (χ4v) is 2.36. The molecule has 0 fully saturated rings. The maximum Gasteiger partial charge on any atom is 0.120 e. The summed E-state index contributed by atoms with van der Waals surface area (Å²) in [5, 5.41) is 0. The van der Waals surface area contributed by atoms with E-state index in [9.17, 15) is 0 Å². The summed E-state index contributed by atoms with van der Waals surface area (Å²) in [5.41, 5.74) is 11.7. The van der Waals surface area contributed by atoms with Gasteiger partial charge < -0.3 is 15.4 Å². The van der Waals surface area contributed by atoms with E-state index in [1.807, 2.05) is 18.2 Å². The lowest BCUT2D eigenvalue weighted by Gasteiger charge is -2.21. The molecular weight excluding hydrogens is 248 g/mol. The van der Waals surface area contributed by atoms with Gasteiger partial charge in [-0.15, -0.1) is 0 Å². The number of hydrogen-bond donors (Lipinski definition) is 1. The van der Waals surface area contributed by atoms with Gasteiger partial charge in [0.05, 0.1) is 7.11 Å². The van der Waals surface area contributed by atoms with Gasteiger partial charge in [-0.1, -0.05) is 12.1 Å². The Balaban J connectivity index is 2.20. The Labute approximate surface area is 121 Å². The number of rotatable bonds is 4. The van der Waals surface area contributed by atoms with Crippen LogP contribution in [-0.2, 0) is 6.54 Å². The quantitative estimate of drug-likeness (QED) is 0.864. The van der Waals surface area contributed by atoms with E-state index in [1.54, 1.807) is 7.11 Å². The van der Waals surface area contributed by atoms with Crippen LogP contribution in [0.15, 0.2) is 36.4 Å². The number of nitrogen functional groups attached to an aromatic ring is 1. The number of methoxy groups -OCH3 is 1. The minimum atomic E-state index is 0.764. The van der Waals surface area contributed by atoms with Crippen molar-refractivity contribution in [1.29, 1.82) is 0 Å². The predicted octanol–water partition coefficient (Wildman–Crippen LogP) is 3.53. The van der Waals surface area contributed by atoms with Crippen LogP contribution < -0.4 is 15.4 Å². The summed E-state index contributed by atoms with van der Waals surface area (Å²) in [6, 6.07) is 12.4. The summed E-state index contributed by atoms with van der Waals surface area (Å²) in [6.45, 7) is 5.01. The molecule has 0 saturated heterocycles. The molecule has 106 valence electrons. The summed E-state index contributed by atoms with van der Waals surface area (Å²) < 4.78 is 5.18. The lowest BCUT2D eigenvalue weighted by molar-refractivity contribution is 0.415. The highest BCUT2D eigenvalue weighted by atomic mass is 16.5. The summed E-state index contributed by atoms with van der Waals surface area (Å²) >= 11 is 0. The number of hydrogen-bond acceptors (Lipinski definition) is 3. The molecule has 2 aromatic carbocycles. The SMILES string of the molecule is COc1ccc(CN(C)c2cc(C)cc(C)c2)c(N)c1. The van der Waals surface area contributed by atoms with Crippen molar-refractivity contribution in [1.82, 2.24) is 0 Å². The molecule has 3 heteroatoms. The molecule has 0 aromatic heterocycles. The topological polar surface area (TPSA) is 38.5 Å². The van der Waals surface area contributed by atoms with E-state index in [0.29, 0.717) is 0 Å². The van der Waals surface area contributed by atoms with Gasteiger partial charge in [-0.05, 0) is 48.7 Å². The van der Waals surface area contributed by atoms with Crippen molar-refractivity contribution < 1.29 is 4.74 Å². The molecule has 2 aromatic rings. The summed E-state index contributed by atoms with van der Waals surface area (Å²) in [6.07, 6.45) is 0.